The first-order chi connectivity index (χ1) is 1.41. The SMILES string of the molecule is C.C.CPC. The summed E-state index contributed by atoms with van der Waals surface area (Å²) in [6, 6.07) is 0. The highest BCUT2D eigenvalue weighted by Crippen LogP contribution is 1.84. The Balaban J connectivity index is -0.0000000200. The van der Waals surface area contributed by atoms with Gasteiger partial charge in [0.1, 0.15) is 0 Å². The van der Waals surface area contributed by atoms with E-state index in [4.69, 9.17) is 0 Å². The maximum Gasteiger partial charge on any atom is -0.0475 e. The standard InChI is InChI=1S/C2H7P.2CH4/c1-3-2;;/h3H,1-2H3;2*1H4. The first kappa shape index (κ1) is 18.0. The van der Waals surface area contributed by atoms with Crippen LogP contribution in [0.4, 0.5) is 0 Å². The van der Waals surface area contributed by atoms with Crippen LogP contribution in [0.25, 0.3) is 0 Å². The third kappa shape index (κ3) is 141. The Labute approximate surface area is 37.8 Å². The fourth-order valence-electron chi connectivity index (χ4n) is 0. The predicted molar refractivity (Wildman–Crippen MR) is 33.6 cm³/mol. The highest BCUT2D eigenvalue weighted by Gasteiger charge is 1.33. The molecule has 0 saturated heterocycles. The van der Waals surface area contributed by atoms with E-state index < -0.39 is 0 Å². The molecule has 0 aliphatic rings. The van der Waals surface area contributed by atoms with Crippen LogP contribution in [0.1, 0.15) is 14.9 Å². The van der Waals surface area contributed by atoms with E-state index in [2.05, 4.69) is 13.3 Å². The average molecular weight is 94.1 g/mol. The summed E-state index contributed by atoms with van der Waals surface area (Å²) in [5.41, 5.74) is 0. The molecular formula is C4H15P. The molecule has 0 atom stereocenters. The molecule has 0 radical (unpaired) electrons. The van der Waals surface area contributed by atoms with Gasteiger partial charge in [0.15, 0.2) is 0 Å². The highest BCUT2D eigenvalue weighted by molar-refractivity contribution is 7.35. The molecule has 0 aromatic rings. The van der Waals surface area contributed by atoms with E-state index in [0.717, 1.165) is 8.58 Å². The molecule has 0 nitrogen and oxygen atoms in total. The molecule has 36 valence electrons. The van der Waals surface area contributed by atoms with Gasteiger partial charge in [-0.2, -0.15) is 0 Å². The molecule has 0 amide bonds. The number of hydrogen-bond acceptors (Lipinski definition) is 0. The first-order valence-electron chi connectivity index (χ1n) is 1.00. The smallest absolute Gasteiger partial charge is 0.0475 e. The van der Waals surface area contributed by atoms with Crippen molar-refractivity contribution < 1.29 is 0 Å². The molecule has 0 aromatic heterocycles. The number of hydrogen-bond donors (Lipinski definition) is 0. The number of rotatable bonds is 0. The molecule has 0 spiro atoms. The fourth-order valence-corrected chi connectivity index (χ4v) is 0. The van der Waals surface area contributed by atoms with Crippen LogP contribution in [0, 0.1) is 0 Å². The van der Waals surface area contributed by atoms with Crippen molar-refractivity contribution in [3.63, 3.8) is 0 Å². The van der Waals surface area contributed by atoms with Crippen LogP contribution in [0.3, 0.4) is 0 Å². The zero-order chi connectivity index (χ0) is 2.71. The summed E-state index contributed by atoms with van der Waals surface area (Å²) in [5, 5.41) is 0. The Morgan fingerprint density at radius 1 is 1.00 bits per heavy atom. The summed E-state index contributed by atoms with van der Waals surface area (Å²) in [6.07, 6.45) is 0. The molecule has 0 bridgehead atoms. The van der Waals surface area contributed by atoms with Gasteiger partial charge in [-0.05, 0) is 13.3 Å². The molecule has 0 saturated carbocycles. The highest BCUT2D eigenvalue weighted by atomic mass is 31.1. The van der Waals surface area contributed by atoms with E-state index >= 15 is 0 Å². The maximum absolute atomic E-state index is 2.15. The van der Waals surface area contributed by atoms with Gasteiger partial charge in [-0.1, -0.05) is 14.9 Å². The molecule has 0 aromatic carbocycles. The van der Waals surface area contributed by atoms with E-state index in [1.54, 1.807) is 0 Å². The second-order valence-electron chi connectivity index (χ2n) is 0.500. The lowest BCUT2D eigenvalue weighted by Gasteiger charge is -1.50. The topological polar surface area (TPSA) is 0 Å². The van der Waals surface area contributed by atoms with Crippen LogP contribution < -0.4 is 0 Å². The van der Waals surface area contributed by atoms with Crippen LogP contribution in [0.5, 0.6) is 0 Å². The third-order valence-electron chi connectivity index (χ3n) is 0. The van der Waals surface area contributed by atoms with Crippen molar-refractivity contribution in [1.82, 2.24) is 0 Å². The van der Waals surface area contributed by atoms with E-state index in [-0.39, 0.29) is 14.9 Å². The maximum atomic E-state index is 2.15. The minimum absolute atomic E-state index is 0. The Kier molecular flexibility index (Phi) is 92.0. The van der Waals surface area contributed by atoms with Crippen LogP contribution in [0.2, 0.25) is 0 Å². The predicted octanol–water partition coefficient (Wildman–Crippen LogP) is 2.20. The third-order valence-corrected chi connectivity index (χ3v) is 0. The summed E-state index contributed by atoms with van der Waals surface area (Å²) in [6.45, 7) is 4.31. The molecular weight excluding hydrogens is 79.0 g/mol. The summed E-state index contributed by atoms with van der Waals surface area (Å²) in [7, 11) is 1.08. The molecule has 0 N–H and O–H groups in total. The van der Waals surface area contributed by atoms with Gasteiger partial charge in [-0.15, -0.1) is 8.58 Å². The zero-order valence-electron chi connectivity index (χ0n) is 2.50. The lowest BCUT2D eigenvalue weighted by Crippen LogP contribution is -1.18. The van der Waals surface area contributed by atoms with Crippen molar-refractivity contribution in [2.45, 2.75) is 14.9 Å². The van der Waals surface area contributed by atoms with Crippen LogP contribution >= 0.6 is 8.58 Å². The van der Waals surface area contributed by atoms with Crippen molar-refractivity contribution in [3.05, 3.63) is 0 Å². The molecule has 0 unspecified atom stereocenters. The Morgan fingerprint density at radius 2 is 1.00 bits per heavy atom. The van der Waals surface area contributed by atoms with E-state index in [1.807, 2.05) is 0 Å². The molecule has 0 rings (SSSR count). The zero-order valence-corrected chi connectivity index (χ0v) is 3.50. The summed E-state index contributed by atoms with van der Waals surface area (Å²) >= 11 is 0. The fraction of sp³-hybridized carbons (Fsp3) is 1.00. The van der Waals surface area contributed by atoms with Gasteiger partial charge < -0.3 is 0 Å². The van der Waals surface area contributed by atoms with Crippen molar-refractivity contribution in [2.75, 3.05) is 13.3 Å². The molecule has 0 aliphatic carbocycles. The normalized spacial score (nSPS) is 3.60. The van der Waals surface area contributed by atoms with Gasteiger partial charge >= 0.3 is 0 Å². The van der Waals surface area contributed by atoms with Crippen molar-refractivity contribution >= 4 is 8.58 Å². The van der Waals surface area contributed by atoms with Crippen LogP contribution in [0.15, 0.2) is 0 Å². The Hall–Kier alpha value is 0.430. The van der Waals surface area contributed by atoms with Gasteiger partial charge in [-0.25, -0.2) is 0 Å². The monoisotopic (exact) mass is 94.1 g/mol. The summed E-state index contributed by atoms with van der Waals surface area (Å²) in [5.74, 6) is 0. The quantitative estimate of drug-likeness (QED) is 0.404. The largest absolute Gasteiger partial charge is 0.129 e. The van der Waals surface area contributed by atoms with Crippen molar-refractivity contribution in [1.29, 1.82) is 0 Å². The van der Waals surface area contributed by atoms with E-state index in [9.17, 15) is 0 Å². The lowest BCUT2D eigenvalue weighted by molar-refractivity contribution is 2.32. The molecule has 0 aliphatic heterocycles. The molecule has 5 heavy (non-hydrogen) atoms. The molecule has 0 fully saturated rings. The second-order valence-corrected chi connectivity index (χ2v) is 1.50. The molecule has 1 heteroatoms. The molecule has 0 heterocycles. The second kappa shape index (κ2) is 25.5. The van der Waals surface area contributed by atoms with Crippen LogP contribution in [-0.4, -0.2) is 13.3 Å². The van der Waals surface area contributed by atoms with Gasteiger partial charge in [0.05, 0.1) is 0 Å². The summed E-state index contributed by atoms with van der Waals surface area (Å²) in [4.78, 5) is 0. The van der Waals surface area contributed by atoms with Crippen molar-refractivity contribution in [2.24, 2.45) is 0 Å². The van der Waals surface area contributed by atoms with Gasteiger partial charge in [0.25, 0.3) is 0 Å². The van der Waals surface area contributed by atoms with Gasteiger partial charge in [0.2, 0.25) is 0 Å². The minimum Gasteiger partial charge on any atom is -0.129 e. The van der Waals surface area contributed by atoms with E-state index in [1.165, 1.54) is 0 Å². The van der Waals surface area contributed by atoms with Gasteiger partial charge in [0, 0.05) is 0 Å². The minimum atomic E-state index is 0. The van der Waals surface area contributed by atoms with Gasteiger partial charge in [-0.3, -0.25) is 0 Å². The van der Waals surface area contributed by atoms with Crippen molar-refractivity contribution in [3.8, 4) is 0 Å². The average Bonchev–Trinajstić information content (AvgIpc) is 0.918. The summed E-state index contributed by atoms with van der Waals surface area (Å²) < 4.78 is 0. The lowest BCUT2D eigenvalue weighted by atomic mass is 11.9. The first-order valence-corrected chi connectivity index (χ1v) is 3.00. The van der Waals surface area contributed by atoms with E-state index in [0.29, 0.717) is 0 Å². The Bertz CT molecular complexity index is 3.61. The Morgan fingerprint density at radius 3 is 1.00 bits per heavy atom. The van der Waals surface area contributed by atoms with Crippen LogP contribution in [-0.2, 0) is 0 Å².